The van der Waals surface area contributed by atoms with Crippen LogP contribution in [0.25, 0.3) is 0 Å². The second-order valence-electron chi connectivity index (χ2n) is 6.13. The van der Waals surface area contributed by atoms with E-state index in [4.69, 9.17) is 9.47 Å². The molecule has 7 heteroatoms. The van der Waals surface area contributed by atoms with Gasteiger partial charge in [0, 0.05) is 13.0 Å². The Morgan fingerprint density at radius 2 is 1.86 bits per heavy atom. The molecule has 0 N–H and O–H groups in total. The molecule has 2 rings (SSSR count). The van der Waals surface area contributed by atoms with Gasteiger partial charge in [-0.1, -0.05) is 0 Å². The van der Waals surface area contributed by atoms with Crippen LogP contribution in [0.3, 0.4) is 0 Å². The zero-order chi connectivity index (χ0) is 16.5. The number of benzene rings is 1. The molecule has 1 aromatic rings. The summed E-state index contributed by atoms with van der Waals surface area (Å²) in [6.07, 6.45) is -0.744. The van der Waals surface area contributed by atoms with Gasteiger partial charge in [-0.3, -0.25) is 0 Å². The average Bonchev–Trinajstić information content (AvgIpc) is 2.86. The maximum Gasteiger partial charge on any atom is 0.410 e. The van der Waals surface area contributed by atoms with Crippen LogP contribution < -0.4 is 4.74 Å². The number of hydrogen-bond donors (Lipinski definition) is 0. The normalized spacial score (nSPS) is 18.5. The molecule has 1 aliphatic heterocycles. The summed E-state index contributed by atoms with van der Waals surface area (Å²) in [6.45, 7) is 5.70. The van der Waals surface area contributed by atoms with Gasteiger partial charge in [0.05, 0.1) is 6.54 Å². The van der Waals surface area contributed by atoms with Crippen LogP contribution in [0.1, 0.15) is 27.2 Å². The first-order chi connectivity index (χ1) is 10.2. The number of nitrogens with zero attached hydrogens (tertiary/aromatic N) is 1. The van der Waals surface area contributed by atoms with Crippen LogP contribution in [0, 0.1) is 17.5 Å². The van der Waals surface area contributed by atoms with E-state index in [1.807, 2.05) is 0 Å². The minimum absolute atomic E-state index is 0.129. The summed E-state index contributed by atoms with van der Waals surface area (Å²) in [5.41, 5.74) is -0.628. The van der Waals surface area contributed by atoms with Crippen molar-refractivity contribution >= 4 is 6.09 Å². The van der Waals surface area contributed by atoms with Crippen molar-refractivity contribution in [1.29, 1.82) is 0 Å². The molecule has 1 saturated heterocycles. The van der Waals surface area contributed by atoms with Crippen molar-refractivity contribution in [2.75, 3.05) is 13.1 Å². The van der Waals surface area contributed by atoms with E-state index in [0.29, 0.717) is 19.0 Å². The van der Waals surface area contributed by atoms with Gasteiger partial charge in [0.1, 0.15) is 11.7 Å². The Hall–Kier alpha value is -1.92. The molecule has 0 saturated carbocycles. The SMILES string of the molecule is CC(C)(C)OC(=O)N1CC[C@@H](Oc2c(F)ccc(F)c2F)C1. The van der Waals surface area contributed by atoms with Gasteiger partial charge < -0.3 is 14.4 Å². The van der Waals surface area contributed by atoms with Crippen LogP contribution in [-0.4, -0.2) is 35.8 Å². The summed E-state index contributed by atoms with van der Waals surface area (Å²) < 4.78 is 50.6. The fourth-order valence-electron chi connectivity index (χ4n) is 2.10. The molecule has 1 aromatic carbocycles. The second kappa shape index (κ2) is 6.06. The smallest absolute Gasteiger partial charge is 0.410 e. The first-order valence-corrected chi connectivity index (χ1v) is 6.95. The molecule has 0 unspecified atom stereocenters. The fourth-order valence-corrected chi connectivity index (χ4v) is 2.10. The van der Waals surface area contributed by atoms with E-state index in [-0.39, 0.29) is 6.54 Å². The molecule has 0 spiro atoms. The van der Waals surface area contributed by atoms with Crippen molar-refractivity contribution < 1.29 is 27.4 Å². The number of rotatable bonds is 2. The standard InChI is InChI=1S/C15H18F3NO3/c1-15(2,3)22-14(20)19-7-6-9(8-19)21-13-11(17)5-4-10(16)12(13)18/h4-5,9H,6-8H2,1-3H3/t9-/m1/s1. The zero-order valence-corrected chi connectivity index (χ0v) is 12.7. The van der Waals surface area contributed by atoms with E-state index in [2.05, 4.69) is 0 Å². The van der Waals surface area contributed by atoms with Gasteiger partial charge >= 0.3 is 6.09 Å². The molecule has 1 aliphatic rings. The van der Waals surface area contributed by atoms with Crippen LogP contribution >= 0.6 is 0 Å². The lowest BCUT2D eigenvalue weighted by atomic mass is 10.2. The Morgan fingerprint density at radius 3 is 2.50 bits per heavy atom. The fraction of sp³-hybridized carbons (Fsp3) is 0.533. The Labute approximate surface area is 126 Å². The lowest BCUT2D eigenvalue weighted by molar-refractivity contribution is 0.0274. The number of carbonyl (C=O) groups is 1. The molecule has 4 nitrogen and oxygen atoms in total. The minimum Gasteiger partial charge on any atom is -0.482 e. The number of hydrogen-bond acceptors (Lipinski definition) is 3. The largest absolute Gasteiger partial charge is 0.482 e. The van der Waals surface area contributed by atoms with Crippen LogP contribution in [0.15, 0.2) is 12.1 Å². The van der Waals surface area contributed by atoms with Crippen LogP contribution in [-0.2, 0) is 4.74 Å². The Morgan fingerprint density at radius 1 is 1.23 bits per heavy atom. The predicted octanol–water partition coefficient (Wildman–Crippen LogP) is 3.49. The van der Waals surface area contributed by atoms with E-state index in [1.54, 1.807) is 20.8 Å². The third-order valence-corrected chi connectivity index (χ3v) is 3.08. The molecule has 1 fully saturated rings. The van der Waals surface area contributed by atoms with E-state index in [0.717, 1.165) is 6.07 Å². The van der Waals surface area contributed by atoms with E-state index in [1.165, 1.54) is 4.90 Å². The average molecular weight is 317 g/mol. The topological polar surface area (TPSA) is 38.8 Å². The van der Waals surface area contributed by atoms with Crippen LogP contribution in [0.4, 0.5) is 18.0 Å². The van der Waals surface area contributed by atoms with Crippen LogP contribution in [0.2, 0.25) is 0 Å². The van der Waals surface area contributed by atoms with Gasteiger partial charge in [-0.25, -0.2) is 13.6 Å². The van der Waals surface area contributed by atoms with Gasteiger partial charge in [-0.2, -0.15) is 4.39 Å². The molecule has 1 amide bonds. The molecule has 0 radical (unpaired) electrons. The summed E-state index contributed by atoms with van der Waals surface area (Å²) in [4.78, 5) is 13.3. The molecular weight excluding hydrogens is 299 g/mol. The van der Waals surface area contributed by atoms with Gasteiger partial charge in [-0.15, -0.1) is 0 Å². The quantitative estimate of drug-likeness (QED) is 0.784. The highest BCUT2D eigenvalue weighted by Crippen LogP contribution is 2.27. The van der Waals surface area contributed by atoms with Gasteiger partial charge in [-0.05, 0) is 32.9 Å². The Bertz CT molecular complexity index is 572. The first kappa shape index (κ1) is 16.5. The van der Waals surface area contributed by atoms with E-state index < -0.39 is 41.0 Å². The lowest BCUT2D eigenvalue weighted by Crippen LogP contribution is -2.36. The Kier molecular flexibility index (Phi) is 4.53. The summed E-state index contributed by atoms with van der Waals surface area (Å²) >= 11 is 0. The number of likely N-dealkylation sites (tertiary alicyclic amines) is 1. The molecular formula is C15H18F3NO3. The molecule has 0 bridgehead atoms. The second-order valence-corrected chi connectivity index (χ2v) is 6.13. The Balaban J connectivity index is 2.00. The summed E-state index contributed by atoms with van der Waals surface area (Å²) in [5, 5.41) is 0. The summed E-state index contributed by atoms with van der Waals surface area (Å²) in [6, 6.07) is 1.49. The minimum atomic E-state index is -1.37. The molecule has 122 valence electrons. The van der Waals surface area contributed by atoms with Crippen molar-refractivity contribution in [3.05, 3.63) is 29.6 Å². The maximum absolute atomic E-state index is 13.5. The molecule has 0 aromatic heterocycles. The molecule has 1 heterocycles. The highest BCUT2D eigenvalue weighted by atomic mass is 19.2. The van der Waals surface area contributed by atoms with E-state index >= 15 is 0 Å². The maximum atomic E-state index is 13.5. The third-order valence-electron chi connectivity index (χ3n) is 3.08. The van der Waals surface area contributed by atoms with Crippen molar-refractivity contribution in [3.63, 3.8) is 0 Å². The monoisotopic (exact) mass is 317 g/mol. The van der Waals surface area contributed by atoms with Crippen molar-refractivity contribution in [2.45, 2.75) is 38.9 Å². The highest BCUT2D eigenvalue weighted by Gasteiger charge is 2.32. The number of ether oxygens (including phenoxy) is 2. The number of halogens is 3. The van der Waals surface area contributed by atoms with Crippen LogP contribution in [0.5, 0.6) is 5.75 Å². The van der Waals surface area contributed by atoms with Gasteiger partial charge in [0.25, 0.3) is 0 Å². The predicted molar refractivity (Wildman–Crippen MR) is 73.2 cm³/mol. The van der Waals surface area contributed by atoms with Crippen molar-refractivity contribution in [3.8, 4) is 5.75 Å². The summed E-state index contributed by atoms with van der Waals surface area (Å²) in [5.74, 6) is -4.28. The van der Waals surface area contributed by atoms with Crippen molar-refractivity contribution in [2.24, 2.45) is 0 Å². The van der Waals surface area contributed by atoms with Gasteiger partial charge in [0.15, 0.2) is 17.4 Å². The van der Waals surface area contributed by atoms with Gasteiger partial charge in [0.2, 0.25) is 5.82 Å². The number of amides is 1. The molecule has 0 aliphatic carbocycles. The molecule has 1 atom stereocenters. The summed E-state index contributed by atoms with van der Waals surface area (Å²) in [7, 11) is 0. The number of carbonyl (C=O) groups excluding carboxylic acids is 1. The van der Waals surface area contributed by atoms with E-state index in [9.17, 15) is 18.0 Å². The third kappa shape index (κ3) is 3.84. The first-order valence-electron chi connectivity index (χ1n) is 6.95. The van der Waals surface area contributed by atoms with Crippen molar-refractivity contribution in [1.82, 2.24) is 4.90 Å². The molecule has 22 heavy (non-hydrogen) atoms. The zero-order valence-electron chi connectivity index (χ0n) is 12.7. The lowest BCUT2D eigenvalue weighted by Gasteiger charge is -2.24. The highest BCUT2D eigenvalue weighted by molar-refractivity contribution is 5.68.